The van der Waals surface area contributed by atoms with Crippen LogP contribution in [0.1, 0.15) is 26.7 Å². The first-order valence-corrected chi connectivity index (χ1v) is 6.82. The molecule has 7 nitrogen and oxygen atoms in total. The third-order valence-corrected chi connectivity index (χ3v) is 3.52. The van der Waals surface area contributed by atoms with E-state index in [0.29, 0.717) is 0 Å². The van der Waals surface area contributed by atoms with Gasteiger partial charge in [0.15, 0.2) is 0 Å². The van der Waals surface area contributed by atoms with Crippen molar-refractivity contribution in [2.75, 3.05) is 5.75 Å². The van der Waals surface area contributed by atoms with Gasteiger partial charge in [-0.2, -0.15) is 0 Å². The Hall–Kier alpha value is -1.15. The predicted molar refractivity (Wildman–Crippen MR) is 61.6 cm³/mol. The van der Waals surface area contributed by atoms with Crippen molar-refractivity contribution < 1.29 is 23.1 Å². The summed E-state index contributed by atoms with van der Waals surface area (Å²) in [5.41, 5.74) is 5.06. The lowest BCUT2D eigenvalue weighted by atomic mass is 10.1. The lowest BCUT2D eigenvalue weighted by Crippen LogP contribution is -2.48. The molecule has 0 aromatic rings. The summed E-state index contributed by atoms with van der Waals surface area (Å²) in [7, 11) is -3.68. The van der Waals surface area contributed by atoms with E-state index >= 15 is 0 Å². The molecule has 0 aliphatic heterocycles. The first-order valence-electron chi connectivity index (χ1n) is 5.17. The number of sulfonamides is 1. The van der Waals surface area contributed by atoms with Gasteiger partial charge in [-0.1, -0.05) is 13.8 Å². The number of carboxylic acid groups (broad SMARTS) is 1. The third kappa shape index (κ3) is 6.90. The minimum atomic E-state index is -3.68. The normalized spacial score (nSPS) is 13.6. The second-order valence-corrected chi connectivity index (χ2v) is 5.93. The van der Waals surface area contributed by atoms with Crippen LogP contribution in [0.25, 0.3) is 0 Å². The second-order valence-electron chi connectivity index (χ2n) is 4.06. The Morgan fingerprint density at radius 1 is 1.35 bits per heavy atom. The van der Waals surface area contributed by atoms with E-state index in [-0.39, 0.29) is 24.5 Å². The summed E-state index contributed by atoms with van der Waals surface area (Å²) >= 11 is 0. The van der Waals surface area contributed by atoms with Crippen LogP contribution in [0.3, 0.4) is 0 Å². The van der Waals surface area contributed by atoms with E-state index < -0.39 is 27.9 Å². The molecule has 0 fully saturated rings. The highest BCUT2D eigenvalue weighted by Crippen LogP contribution is 2.04. The van der Waals surface area contributed by atoms with Crippen molar-refractivity contribution in [1.29, 1.82) is 0 Å². The highest BCUT2D eigenvalue weighted by Gasteiger charge is 2.25. The summed E-state index contributed by atoms with van der Waals surface area (Å²) in [4.78, 5) is 21.2. The zero-order valence-corrected chi connectivity index (χ0v) is 10.7. The van der Waals surface area contributed by atoms with Gasteiger partial charge in [0.1, 0.15) is 6.04 Å². The molecule has 17 heavy (non-hydrogen) atoms. The zero-order valence-electron chi connectivity index (χ0n) is 9.84. The molecular formula is C9H18N2O5S. The molecule has 0 aromatic carbocycles. The molecule has 0 heterocycles. The van der Waals surface area contributed by atoms with Crippen LogP contribution in [0.4, 0.5) is 0 Å². The van der Waals surface area contributed by atoms with E-state index in [4.69, 9.17) is 10.8 Å². The standard InChI is InChI=1S/C9H18N2O5S/c1-6(2)8(9(10)14)11-17(15,16)5-3-4-7(12)13/h6,8,11H,3-5H2,1-2H3,(H2,10,14)(H,12,13). The molecular weight excluding hydrogens is 248 g/mol. The summed E-state index contributed by atoms with van der Waals surface area (Å²) in [5, 5.41) is 8.38. The SMILES string of the molecule is CC(C)C(NS(=O)(=O)CCCC(=O)O)C(N)=O. The van der Waals surface area contributed by atoms with E-state index in [9.17, 15) is 18.0 Å². The lowest BCUT2D eigenvalue weighted by Gasteiger charge is -2.18. The highest BCUT2D eigenvalue weighted by molar-refractivity contribution is 7.89. The average molecular weight is 266 g/mol. The topological polar surface area (TPSA) is 127 Å². The van der Waals surface area contributed by atoms with E-state index in [0.717, 1.165) is 0 Å². The van der Waals surface area contributed by atoms with Gasteiger partial charge in [0.2, 0.25) is 15.9 Å². The Kier molecular flexibility index (Phi) is 6.11. The van der Waals surface area contributed by atoms with Crippen LogP contribution in [0.2, 0.25) is 0 Å². The van der Waals surface area contributed by atoms with Crippen molar-refractivity contribution in [3.63, 3.8) is 0 Å². The second kappa shape index (κ2) is 6.55. The van der Waals surface area contributed by atoms with Gasteiger partial charge in [0.05, 0.1) is 5.75 Å². The molecule has 0 bridgehead atoms. The Morgan fingerprint density at radius 2 is 1.88 bits per heavy atom. The maximum Gasteiger partial charge on any atom is 0.303 e. The van der Waals surface area contributed by atoms with Gasteiger partial charge < -0.3 is 10.8 Å². The Labute approximate surface area is 100 Å². The minimum absolute atomic E-state index is 0.00571. The number of hydrogen-bond acceptors (Lipinski definition) is 4. The summed E-state index contributed by atoms with van der Waals surface area (Å²) in [6.45, 7) is 3.32. The number of nitrogens with two attached hydrogens (primary N) is 1. The molecule has 0 rings (SSSR count). The monoisotopic (exact) mass is 266 g/mol. The molecule has 4 N–H and O–H groups in total. The van der Waals surface area contributed by atoms with Gasteiger partial charge >= 0.3 is 5.97 Å². The van der Waals surface area contributed by atoms with Gasteiger partial charge in [-0.05, 0) is 12.3 Å². The summed E-state index contributed by atoms with van der Waals surface area (Å²) in [5.74, 6) is -2.41. The summed E-state index contributed by atoms with van der Waals surface area (Å²) < 4.78 is 25.2. The quantitative estimate of drug-likeness (QED) is 0.534. The maximum atomic E-state index is 11.5. The van der Waals surface area contributed by atoms with Crippen LogP contribution in [-0.2, 0) is 19.6 Å². The van der Waals surface area contributed by atoms with Crippen LogP contribution in [0.15, 0.2) is 0 Å². The molecule has 0 radical (unpaired) electrons. The third-order valence-electron chi connectivity index (χ3n) is 2.08. The smallest absolute Gasteiger partial charge is 0.303 e. The summed E-state index contributed by atoms with van der Waals surface area (Å²) in [6.07, 6.45) is -0.238. The predicted octanol–water partition coefficient (Wildman–Crippen LogP) is -0.719. The van der Waals surface area contributed by atoms with Crippen molar-refractivity contribution >= 4 is 21.9 Å². The fraction of sp³-hybridized carbons (Fsp3) is 0.778. The Bertz CT molecular complexity index is 377. The number of primary amides is 1. The van der Waals surface area contributed by atoms with Crippen LogP contribution >= 0.6 is 0 Å². The first-order chi connectivity index (χ1) is 7.65. The number of amides is 1. The van der Waals surface area contributed by atoms with Gasteiger partial charge in [0, 0.05) is 6.42 Å². The van der Waals surface area contributed by atoms with E-state index in [1.165, 1.54) is 0 Å². The average Bonchev–Trinajstić information content (AvgIpc) is 2.12. The van der Waals surface area contributed by atoms with Crippen molar-refractivity contribution in [3.8, 4) is 0 Å². The first kappa shape index (κ1) is 15.9. The molecule has 0 aromatic heterocycles. The van der Waals surface area contributed by atoms with Crippen molar-refractivity contribution in [3.05, 3.63) is 0 Å². The number of carboxylic acids is 1. The zero-order chi connectivity index (χ0) is 13.6. The molecule has 0 spiro atoms. The van der Waals surface area contributed by atoms with Gasteiger partial charge in [-0.15, -0.1) is 0 Å². The van der Waals surface area contributed by atoms with Crippen LogP contribution < -0.4 is 10.5 Å². The molecule has 0 aliphatic carbocycles. The number of nitrogens with one attached hydrogen (secondary N) is 1. The largest absolute Gasteiger partial charge is 0.481 e. The Balaban J connectivity index is 4.41. The molecule has 8 heteroatoms. The molecule has 1 atom stereocenters. The number of aliphatic carboxylic acids is 1. The number of hydrogen-bond donors (Lipinski definition) is 3. The fourth-order valence-corrected chi connectivity index (χ4v) is 2.61. The molecule has 0 saturated heterocycles. The van der Waals surface area contributed by atoms with E-state index in [1.807, 2.05) is 0 Å². The summed E-state index contributed by atoms with van der Waals surface area (Å²) in [6, 6.07) is -0.968. The van der Waals surface area contributed by atoms with Crippen molar-refractivity contribution in [2.24, 2.45) is 11.7 Å². The van der Waals surface area contributed by atoms with Crippen LogP contribution in [0, 0.1) is 5.92 Å². The minimum Gasteiger partial charge on any atom is -0.481 e. The highest BCUT2D eigenvalue weighted by atomic mass is 32.2. The van der Waals surface area contributed by atoms with Gasteiger partial charge in [-0.25, -0.2) is 13.1 Å². The number of carbonyl (C=O) groups excluding carboxylic acids is 1. The van der Waals surface area contributed by atoms with Crippen molar-refractivity contribution in [1.82, 2.24) is 4.72 Å². The van der Waals surface area contributed by atoms with Gasteiger partial charge in [0.25, 0.3) is 0 Å². The molecule has 1 amide bonds. The Morgan fingerprint density at radius 3 is 2.24 bits per heavy atom. The fourth-order valence-electron chi connectivity index (χ4n) is 1.19. The lowest BCUT2D eigenvalue weighted by molar-refractivity contribution is -0.137. The molecule has 0 aliphatic rings. The van der Waals surface area contributed by atoms with Crippen molar-refractivity contribution in [2.45, 2.75) is 32.7 Å². The maximum absolute atomic E-state index is 11.5. The number of rotatable bonds is 8. The van der Waals surface area contributed by atoms with Gasteiger partial charge in [-0.3, -0.25) is 9.59 Å². The molecule has 1 unspecified atom stereocenters. The molecule has 100 valence electrons. The van der Waals surface area contributed by atoms with Crippen LogP contribution in [-0.4, -0.2) is 37.2 Å². The van der Waals surface area contributed by atoms with Crippen LogP contribution in [0.5, 0.6) is 0 Å². The van der Waals surface area contributed by atoms with E-state index in [2.05, 4.69) is 4.72 Å². The molecule has 0 saturated carbocycles. The number of carbonyl (C=O) groups is 2. The van der Waals surface area contributed by atoms with E-state index in [1.54, 1.807) is 13.8 Å².